The molecule has 4 N–H and O–H groups in total. The van der Waals surface area contributed by atoms with Gasteiger partial charge in [0.1, 0.15) is 17.4 Å². The molecule has 1 aromatic heterocycles. The van der Waals surface area contributed by atoms with Crippen LogP contribution in [0.3, 0.4) is 0 Å². The average molecular weight is 282 g/mol. The van der Waals surface area contributed by atoms with E-state index in [1.807, 2.05) is 6.07 Å². The molecular weight excluding hydrogens is 268 g/mol. The minimum Gasteiger partial charge on any atom is -0.467 e. The fourth-order valence-electron chi connectivity index (χ4n) is 1.56. The molecule has 0 bridgehead atoms. The van der Waals surface area contributed by atoms with Gasteiger partial charge in [-0.1, -0.05) is 0 Å². The third-order valence-corrected chi connectivity index (χ3v) is 2.66. The van der Waals surface area contributed by atoms with Gasteiger partial charge in [0.05, 0.1) is 12.8 Å². The Morgan fingerprint density at radius 3 is 2.71 bits per heavy atom. The number of rotatable bonds is 5. The SMILES string of the molecule is N#C/C(=C/Nc1ccc(N)cc1)C(=O)NCc1ccco1. The Morgan fingerprint density at radius 2 is 2.10 bits per heavy atom. The molecule has 0 aliphatic rings. The van der Waals surface area contributed by atoms with E-state index in [1.165, 1.54) is 12.5 Å². The molecule has 0 aliphatic carbocycles. The number of benzene rings is 1. The zero-order chi connectivity index (χ0) is 15.1. The van der Waals surface area contributed by atoms with Gasteiger partial charge in [-0.15, -0.1) is 0 Å². The molecule has 1 amide bonds. The zero-order valence-electron chi connectivity index (χ0n) is 11.2. The molecule has 0 radical (unpaired) electrons. The predicted octanol–water partition coefficient (Wildman–Crippen LogP) is 2.00. The lowest BCUT2D eigenvalue weighted by molar-refractivity contribution is -0.117. The van der Waals surface area contributed by atoms with Gasteiger partial charge in [0, 0.05) is 17.6 Å². The van der Waals surface area contributed by atoms with Gasteiger partial charge in [0.15, 0.2) is 0 Å². The van der Waals surface area contributed by atoms with Crippen LogP contribution >= 0.6 is 0 Å². The molecule has 1 aromatic carbocycles. The van der Waals surface area contributed by atoms with E-state index < -0.39 is 5.91 Å². The van der Waals surface area contributed by atoms with Gasteiger partial charge >= 0.3 is 0 Å². The van der Waals surface area contributed by atoms with E-state index >= 15 is 0 Å². The Labute approximate surface area is 121 Å². The van der Waals surface area contributed by atoms with E-state index in [9.17, 15) is 4.79 Å². The van der Waals surface area contributed by atoms with Crippen LogP contribution in [0.15, 0.2) is 58.9 Å². The van der Waals surface area contributed by atoms with Crippen molar-refractivity contribution in [3.05, 3.63) is 60.2 Å². The van der Waals surface area contributed by atoms with Crippen molar-refractivity contribution in [2.75, 3.05) is 11.1 Å². The van der Waals surface area contributed by atoms with E-state index in [0.717, 1.165) is 5.69 Å². The van der Waals surface area contributed by atoms with Crippen LogP contribution in [0.1, 0.15) is 5.76 Å². The maximum absolute atomic E-state index is 11.8. The van der Waals surface area contributed by atoms with Gasteiger partial charge in [0.25, 0.3) is 5.91 Å². The first-order valence-corrected chi connectivity index (χ1v) is 6.22. The van der Waals surface area contributed by atoms with Crippen molar-refractivity contribution in [2.24, 2.45) is 0 Å². The molecule has 2 aromatic rings. The van der Waals surface area contributed by atoms with E-state index in [-0.39, 0.29) is 12.1 Å². The topological polar surface area (TPSA) is 104 Å². The Morgan fingerprint density at radius 1 is 1.33 bits per heavy atom. The number of nitrogens with one attached hydrogen (secondary N) is 2. The number of hydrogen-bond acceptors (Lipinski definition) is 5. The number of nitrogens with zero attached hydrogens (tertiary/aromatic N) is 1. The van der Waals surface area contributed by atoms with Crippen LogP contribution in [0.2, 0.25) is 0 Å². The highest BCUT2D eigenvalue weighted by atomic mass is 16.3. The Bertz CT molecular complexity index is 667. The third kappa shape index (κ3) is 4.14. The van der Waals surface area contributed by atoms with E-state index in [4.69, 9.17) is 15.4 Å². The molecule has 0 aliphatic heterocycles. The van der Waals surface area contributed by atoms with Gasteiger partial charge in [0.2, 0.25) is 0 Å². The summed E-state index contributed by atoms with van der Waals surface area (Å²) in [6.07, 6.45) is 2.87. The fraction of sp³-hybridized carbons (Fsp3) is 0.0667. The lowest BCUT2D eigenvalue weighted by Gasteiger charge is -2.04. The summed E-state index contributed by atoms with van der Waals surface area (Å²) in [4.78, 5) is 11.8. The molecule has 21 heavy (non-hydrogen) atoms. The largest absolute Gasteiger partial charge is 0.467 e. The van der Waals surface area contributed by atoms with Crippen LogP contribution in [-0.2, 0) is 11.3 Å². The molecule has 0 saturated carbocycles. The number of nitrogen functional groups attached to an aromatic ring is 1. The van der Waals surface area contributed by atoms with Crippen molar-refractivity contribution in [3.8, 4) is 6.07 Å². The number of hydrogen-bond donors (Lipinski definition) is 3. The third-order valence-electron chi connectivity index (χ3n) is 2.66. The number of anilines is 2. The summed E-state index contributed by atoms with van der Waals surface area (Å²) >= 11 is 0. The molecule has 6 heteroatoms. The van der Waals surface area contributed by atoms with Crippen molar-refractivity contribution in [1.29, 1.82) is 5.26 Å². The van der Waals surface area contributed by atoms with Crippen molar-refractivity contribution >= 4 is 17.3 Å². The Kier molecular flexibility index (Phi) is 4.62. The normalized spacial score (nSPS) is 10.7. The second kappa shape index (κ2) is 6.82. The maximum Gasteiger partial charge on any atom is 0.263 e. The first-order chi connectivity index (χ1) is 10.2. The van der Waals surface area contributed by atoms with E-state index in [0.29, 0.717) is 11.4 Å². The smallest absolute Gasteiger partial charge is 0.263 e. The predicted molar refractivity (Wildman–Crippen MR) is 78.7 cm³/mol. The first kappa shape index (κ1) is 14.2. The Balaban J connectivity index is 1.94. The highest BCUT2D eigenvalue weighted by Crippen LogP contribution is 2.11. The minimum absolute atomic E-state index is 0.0293. The summed E-state index contributed by atoms with van der Waals surface area (Å²) in [5, 5.41) is 14.5. The number of nitrogens with two attached hydrogens (primary N) is 1. The number of nitriles is 1. The maximum atomic E-state index is 11.8. The minimum atomic E-state index is -0.475. The highest BCUT2D eigenvalue weighted by molar-refractivity contribution is 5.97. The van der Waals surface area contributed by atoms with E-state index in [1.54, 1.807) is 36.4 Å². The lowest BCUT2D eigenvalue weighted by atomic mass is 10.2. The standard InChI is InChI=1S/C15H14N4O2/c16-8-11(9-18-13-5-3-12(17)4-6-13)15(20)19-10-14-2-1-7-21-14/h1-7,9,18H,10,17H2,(H,19,20)/b11-9-. The molecule has 0 fully saturated rings. The molecule has 0 atom stereocenters. The van der Waals surface area contributed by atoms with Crippen molar-refractivity contribution in [1.82, 2.24) is 5.32 Å². The van der Waals surface area contributed by atoms with Crippen LogP contribution in [0.4, 0.5) is 11.4 Å². The quantitative estimate of drug-likeness (QED) is 0.442. The van der Waals surface area contributed by atoms with Gasteiger partial charge < -0.3 is 20.8 Å². The number of furan rings is 1. The van der Waals surface area contributed by atoms with Crippen LogP contribution in [0, 0.1) is 11.3 Å². The fourth-order valence-corrected chi connectivity index (χ4v) is 1.56. The van der Waals surface area contributed by atoms with Gasteiger partial charge in [-0.25, -0.2) is 0 Å². The van der Waals surface area contributed by atoms with Crippen LogP contribution in [-0.4, -0.2) is 5.91 Å². The second-order valence-electron chi connectivity index (χ2n) is 4.20. The van der Waals surface area contributed by atoms with Crippen molar-refractivity contribution in [3.63, 3.8) is 0 Å². The number of carbonyl (C=O) groups is 1. The summed E-state index contributed by atoms with van der Waals surface area (Å²) < 4.78 is 5.09. The molecule has 0 saturated heterocycles. The number of amides is 1. The van der Waals surface area contributed by atoms with Gasteiger partial charge in [-0.2, -0.15) is 5.26 Å². The Hall–Kier alpha value is -3.20. The molecule has 6 nitrogen and oxygen atoms in total. The van der Waals surface area contributed by atoms with E-state index in [2.05, 4.69) is 10.6 Å². The van der Waals surface area contributed by atoms with Gasteiger partial charge in [-0.05, 0) is 36.4 Å². The molecule has 0 spiro atoms. The number of carbonyl (C=O) groups excluding carboxylic acids is 1. The zero-order valence-corrected chi connectivity index (χ0v) is 11.2. The van der Waals surface area contributed by atoms with Crippen molar-refractivity contribution in [2.45, 2.75) is 6.54 Å². The summed E-state index contributed by atoms with van der Waals surface area (Å²) in [5.41, 5.74) is 6.92. The molecule has 0 unspecified atom stereocenters. The lowest BCUT2D eigenvalue weighted by Crippen LogP contribution is -2.24. The molecule has 1 heterocycles. The average Bonchev–Trinajstić information content (AvgIpc) is 3.01. The second-order valence-corrected chi connectivity index (χ2v) is 4.20. The molecule has 106 valence electrons. The summed E-state index contributed by atoms with van der Waals surface area (Å²) in [7, 11) is 0. The molecular formula is C15H14N4O2. The highest BCUT2D eigenvalue weighted by Gasteiger charge is 2.09. The van der Waals surface area contributed by atoms with Crippen molar-refractivity contribution < 1.29 is 9.21 Å². The van der Waals surface area contributed by atoms with Gasteiger partial charge in [-0.3, -0.25) is 4.79 Å². The van der Waals surface area contributed by atoms with Crippen LogP contribution in [0.25, 0.3) is 0 Å². The summed E-state index contributed by atoms with van der Waals surface area (Å²) in [5.74, 6) is 0.143. The monoisotopic (exact) mass is 282 g/mol. The summed E-state index contributed by atoms with van der Waals surface area (Å²) in [6, 6.07) is 12.3. The first-order valence-electron chi connectivity index (χ1n) is 6.22. The molecule has 2 rings (SSSR count). The summed E-state index contributed by atoms with van der Waals surface area (Å²) in [6.45, 7) is 0.229. The van der Waals surface area contributed by atoms with Crippen LogP contribution in [0.5, 0.6) is 0 Å². The van der Waals surface area contributed by atoms with Crippen LogP contribution < -0.4 is 16.4 Å².